The summed E-state index contributed by atoms with van der Waals surface area (Å²) in [6.45, 7) is 1.53. The highest BCUT2D eigenvalue weighted by atomic mass is 35.5. The average molecular weight is 462 g/mol. The van der Waals surface area contributed by atoms with Crippen molar-refractivity contribution in [2.75, 3.05) is 25.0 Å². The molecule has 0 saturated heterocycles. The number of hydrogen-bond acceptors (Lipinski definition) is 6. The van der Waals surface area contributed by atoms with Crippen molar-refractivity contribution >= 4 is 46.7 Å². The van der Waals surface area contributed by atoms with Crippen molar-refractivity contribution in [3.63, 3.8) is 0 Å². The Morgan fingerprint density at radius 2 is 1.80 bits per heavy atom. The number of benzene rings is 1. The molecule has 1 aromatic carbocycles. The molecule has 1 aromatic rings. The van der Waals surface area contributed by atoms with E-state index in [1.807, 2.05) is 0 Å². The fraction of sp³-hybridized carbons (Fsp3) is 0.450. The first-order valence-corrected chi connectivity index (χ1v) is 10.1. The minimum Gasteiger partial charge on any atom is -0.495 e. The molecular formula is C20H22Cl2FNO6. The van der Waals surface area contributed by atoms with Gasteiger partial charge in [-0.3, -0.25) is 9.59 Å². The van der Waals surface area contributed by atoms with Crippen molar-refractivity contribution in [3.8, 4) is 5.75 Å². The molecule has 0 fully saturated rings. The molecule has 0 aliphatic heterocycles. The summed E-state index contributed by atoms with van der Waals surface area (Å²) in [6, 6.07) is 2.07. The summed E-state index contributed by atoms with van der Waals surface area (Å²) >= 11 is 11.6. The third-order valence-electron chi connectivity index (χ3n) is 4.61. The Morgan fingerprint density at radius 1 is 1.17 bits per heavy atom. The van der Waals surface area contributed by atoms with Crippen molar-refractivity contribution in [1.29, 1.82) is 0 Å². The Labute approximate surface area is 183 Å². The zero-order chi connectivity index (χ0) is 22.4. The number of amides is 2. The molecule has 30 heavy (non-hydrogen) atoms. The van der Waals surface area contributed by atoms with Crippen LogP contribution in [-0.2, 0) is 23.9 Å². The number of carbonyl (C=O) groups is 3. The normalized spacial score (nSPS) is 14.9. The number of alkyl halides is 1. The van der Waals surface area contributed by atoms with Crippen LogP contribution in [0, 0.1) is 5.82 Å². The highest BCUT2D eigenvalue weighted by molar-refractivity contribution is 6.35. The lowest BCUT2D eigenvalue weighted by Crippen LogP contribution is -2.40. The van der Waals surface area contributed by atoms with Gasteiger partial charge in [0.05, 0.1) is 17.8 Å². The molecule has 10 heteroatoms. The smallest absolute Gasteiger partial charge is 0.336 e. The molecule has 0 spiro atoms. The molecule has 0 heterocycles. The number of halogens is 3. The predicted molar refractivity (Wildman–Crippen MR) is 109 cm³/mol. The maximum atomic E-state index is 14.7. The van der Waals surface area contributed by atoms with Crippen LogP contribution in [-0.4, -0.2) is 44.2 Å². The van der Waals surface area contributed by atoms with Gasteiger partial charge in [0, 0.05) is 24.3 Å². The summed E-state index contributed by atoms with van der Waals surface area (Å²) in [5.41, 5.74) is -0.173. The van der Waals surface area contributed by atoms with Crippen molar-refractivity contribution in [2.45, 2.75) is 38.9 Å². The van der Waals surface area contributed by atoms with Gasteiger partial charge in [0.15, 0.2) is 6.29 Å². The molecule has 7 nitrogen and oxygen atoms in total. The molecule has 2 amide bonds. The Morgan fingerprint density at radius 3 is 2.37 bits per heavy atom. The number of methoxy groups -OCH3 is 2. The summed E-state index contributed by atoms with van der Waals surface area (Å²) in [6.07, 6.45) is 0.971. The summed E-state index contributed by atoms with van der Waals surface area (Å²) < 4.78 is 29.8. The van der Waals surface area contributed by atoms with Crippen molar-refractivity contribution < 1.29 is 33.0 Å². The first kappa shape index (κ1) is 24.1. The highest BCUT2D eigenvalue weighted by Crippen LogP contribution is 2.35. The fourth-order valence-electron chi connectivity index (χ4n) is 3.03. The average Bonchev–Trinajstić information content (AvgIpc) is 2.74. The van der Waals surface area contributed by atoms with Crippen LogP contribution in [0.2, 0.25) is 5.02 Å². The van der Waals surface area contributed by atoms with Crippen molar-refractivity contribution in [1.82, 2.24) is 0 Å². The maximum absolute atomic E-state index is 14.7. The fourth-order valence-corrected chi connectivity index (χ4v) is 3.38. The van der Waals surface area contributed by atoms with E-state index < -0.39 is 35.8 Å². The number of imide groups is 1. The second kappa shape index (κ2) is 10.7. The summed E-state index contributed by atoms with van der Waals surface area (Å²) in [5, 5.41) is -0.0285. The van der Waals surface area contributed by atoms with Gasteiger partial charge in [-0.25, -0.2) is 14.1 Å². The lowest BCUT2D eigenvalue weighted by atomic mass is 9.90. The molecule has 2 rings (SSSR count). The van der Waals surface area contributed by atoms with Crippen molar-refractivity contribution in [2.24, 2.45) is 0 Å². The molecule has 0 saturated carbocycles. The van der Waals surface area contributed by atoms with Crippen LogP contribution in [0.15, 0.2) is 23.3 Å². The predicted octanol–water partition coefficient (Wildman–Crippen LogP) is 3.99. The number of rotatable bonds is 7. The van der Waals surface area contributed by atoms with E-state index in [1.54, 1.807) is 0 Å². The van der Waals surface area contributed by atoms with Crippen LogP contribution in [0.25, 0.3) is 0 Å². The number of esters is 1. The second-order valence-corrected chi connectivity index (χ2v) is 7.15. The molecule has 0 N–H and O–H groups in total. The Bertz CT molecular complexity index is 873. The van der Waals surface area contributed by atoms with E-state index in [4.69, 9.17) is 37.4 Å². The van der Waals surface area contributed by atoms with Crippen LogP contribution in [0.4, 0.5) is 10.1 Å². The van der Waals surface area contributed by atoms with Gasteiger partial charge in [0.2, 0.25) is 5.91 Å². The molecule has 1 unspecified atom stereocenters. The van der Waals surface area contributed by atoms with E-state index in [-0.39, 0.29) is 40.4 Å². The van der Waals surface area contributed by atoms with Gasteiger partial charge >= 0.3 is 5.97 Å². The number of carbonyl (C=O) groups excluding carboxylic acids is 3. The number of anilines is 1. The molecule has 1 aliphatic carbocycles. The van der Waals surface area contributed by atoms with Crippen LogP contribution in [0.5, 0.6) is 5.75 Å². The lowest BCUT2D eigenvalue weighted by molar-refractivity contribution is -0.165. The first-order chi connectivity index (χ1) is 14.2. The third-order valence-corrected chi connectivity index (χ3v) is 5.13. The lowest BCUT2D eigenvalue weighted by Gasteiger charge is -2.26. The molecular weight excluding hydrogens is 440 g/mol. The third kappa shape index (κ3) is 5.30. The molecule has 0 bridgehead atoms. The zero-order valence-corrected chi connectivity index (χ0v) is 18.3. The molecule has 1 aliphatic rings. The maximum Gasteiger partial charge on any atom is 0.336 e. The van der Waals surface area contributed by atoms with Crippen LogP contribution in [0.3, 0.4) is 0 Å². The SMILES string of the molecule is COc1cc(N(C(=O)CCl)C(=O)C2=C(C(=O)OC(C)OC)CCCC2)c(F)cc1Cl. The summed E-state index contributed by atoms with van der Waals surface area (Å²) in [5.74, 6) is -3.86. The second-order valence-electron chi connectivity index (χ2n) is 6.48. The Balaban J connectivity index is 2.55. The van der Waals surface area contributed by atoms with Gasteiger partial charge in [-0.05, 0) is 38.7 Å². The first-order valence-electron chi connectivity index (χ1n) is 9.17. The minimum atomic E-state index is -0.916. The van der Waals surface area contributed by atoms with E-state index in [0.29, 0.717) is 17.7 Å². The van der Waals surface area contributed by atoms with Gasteiger partial charge in [-0.2, -0.15) is 0 Å². The van der Waals surface area contributed by atoms with E-state index in [9.17, 15) is 18.8 Å². The van der Waals surface area contributed by atoms with Gasteiger partial charge in [-0.1, -0.05) is 11.6 Å². The van der Waals surface area contributed by atoms with Crippen LogP contribution >= 0.6 is 23.2 Å². The number of ether oxygens (including phenoxy) is 3. The molecule has 1 atom stereocenters. The largest absolute Gasteiger partial charge is 0.495 e. The van der Waals surface area contributed by atoms with Gasteiger partial charge in [0.1, 0.15) is 17.4 Å². The minimum absolute atomic E-state index is 0.0285. The highest BCUT2D eigenvalue weighted by Gasteiger charge is 2.33. The standard InChI is InChI=1S/C20H22Cl2FNO6/c1-11(28-2)30-20(27)13-7-5-4-6-12(13)19(26)24(18(25)10-21)16-9-17(29-3)14(22)8-15(16)23/h8-9,11H,4-7,10H2,1-3H3. The molecule has 164 valence electrons. The van der Waals surface area contributed by atoms with Gasteiger partial charge < -0.3 is 14.2 Å². The number of nitrogens with zero attached hydrogens (tertiary/aromatic N) is 1. The van der Waals surface area contributed by atoms with E-state index in [2.05, 4.69) is 0 Å². The van der Waals surface area contributed by atoms with Gasteiger partial charge in [0.25, 0.3) is 5.91 Å². The number of hydrogen-bond donors (Lipinski definition) is 0. The quantitative estimate of drug-likeness (QED) is 0.346. The van der Waals surface area contributed by atoms with E-state index >= 15 is 0 Å². The van der Waals surface area contributed by atoms with E-state index in [0.717, 1.165) is 12.1 Å². The van der Waals surface area contributed by atoms with Crippen LogP contribution in [0.1, 0.15) is 32.6 Å². The Kier molecular flexibility index (Phi) is 8.64. The van der Waals surface area contributed by atoms with Crippen molar-refractivity contribution in [3.05, 3.63) is 34.1 Å². The monoisotopic (exact) mass is 461 g/mol. The zero-order valence-electron chi connectivity index (χ0n) is 16.8. The molecule has 0 radical (unpaired) electrons. The van der Waals surface area contributed by atoms with Gasteiger partial charge in [-0.15, -0.1) is 11.6 Å². The topological polar surface area (TPSA) is 82.1 Å². The van der Waals surface area contributed by atoms with Crippen LogP contribution < -0.4 is 9.64 Å². The molecule has 0 aromatic heterocycles. The summed E-state index contributed by atoms with van der Waals surface area (Å²) in [4.78, 5) is 39.0. The van der Waals surface area contributed by atoms with E-state index in [1.165, 1.54) is 21.1 Å². The Hall–Kier alpha value is -2.16. The summed E-state index contributed by atoms with van der Waals surface area (Å²) in [7, 11) is 2.68.